The van der Waals surface area contributed by atoms with Crippen LogP contribution in [0.5, 0.6) is 5.75 Å². The summed E-state index contributed by atoms with van der Waals surface area (Å²) in [5.74, 6) is -0.188. The van der Waals surface area contributed by atoms with E-state index in [1.165, 1.54) is 18.4 Å². The number of para-hydroxylation sites is 1. The molecular formula is C24H23FN2O4. The number of carbonyl (C=O) groups is 2. The fourth-order valence-corrected chi connectivity index (χ4v) is 3.59. The fraction of sp³-hybridized carbons (Fsp3) is 0.250. The number of furan rings is 1. The van der Waals surface area contributed by atoms with Gasteiger partial charge in [-0.05, 0) is 36.8 Å². The lowest BCUT2D eigenvalue weighted by Gasteiger charge is -2.22. The van der Waals surface area contributed by atoms with E-state index in [4.69, 9.17) is 9.15 Å². The highest BCUT2D eigenvalue weighted by atomic mass is 19.1. The summed E-state index contributed by atoms with van der Waals surface area (Å²) in [7, 11) is 0. The number of rotatable bonds is 5. The quantitative estimate of drug-likeness (QED) is 0.624. The van der Waals surface area contributed by atoms with Crippen LogP contribution in [0.25, 0.3) is 0 Å². The van der Waals surface area contributed by atoms with Gasteiger partial charge in [0.1, 0.15) is 18.2 Å². The van der Waals surface area contributed by atoms with E-state index in [9.17, 15) is 14.0 Å². The maximum atomic E-state index is 14.0. The number of benzene rings is 2. The van der Waals surface area contributed by atoms with Gasteiger partial charge in [0.15, 0.2) is 5.76 Å². The van der Waals surface area contributed by atoms with E-state index < -0.39 is 5.82 Å². The second-order valence-electron chi connectivity index (χ2n) is 7.29. The number of halogens is 1. The van der Waals surface area contributed by atoms with Gasteiger partial charge in [0.25, 0.3) is 11.8 Å². The Morgan fingerprint density at radius 1 is 0.871 bits per heavy atom. The molecule has 7 heteroatoms. The maximum Gasteiger partial charge on any atom is 0.290 e. The lowest BCUT2D eigenvalue weighted by atomic mass is 10.2. The Balaban J connectivity index is 1.40. The molecule has 0 saturated carbocycles. The standard InChI is InChI=1S/C24H23FN2O4/c25-21-10-5-4-9-20(21)23(28)26-12-6-13-27(15-14-26)24(29)22-18(11-16-30-22)17-31-19-7-2-1-3-8-19/h1-5,7-11,16H,6,12-15,17H2. The van der Waals surface area contributed by atoms with Crippen LogP contribution in [0.3, 0.4) is 0 Å². The molecule has 0 unspecified atom stereocenters. The van der Waals surface area contributed by atoms with E-state index in [0.29, 0.717) is 43.9 Å². The molecule has 4 rings (SSSR count). The first-order chi connectivity index (χ1) is 15.1. The van der Waals surface area contributed by atoms with E-state index in [1.807, 2.05) is 30.3 Å². The minimum absolute atomic E-state index is 0.0497. The Morgan fingerprint density at radius 2 is 1.55 bits per heavy atom. The van der Waals surface area contributed by atoms with Crippen molar-refractivity contribution < 1.29 is 23.1 Å². The van der Waals surface area contributed by atoms with Crippen molar-refractivity contribution in [2.45, 2.75) is 13.0 Å². The molecule has 0 N–H and O–H groups in total. The zero-order chi connectivity index (χ0) is 21.6. The van der Waals surface area contributed by atoms with Crippen molar-refractivity contribution in [1.29, 1.82) is 0 Å². The molecule has 0 aliphatic carbocycles. The normalized spacial score (nSPS) is 14.2. The van der Waals surface area contributed by atoms with Crippen molar-refractivity contribution in [2.75, 3.05) is 26.2 Å². The average Bonchev–Trinajstić information content (AvgIpc) is 3.13. The van der Waals surface area contributed by atoms with Crippen molar-refractivity contribution in [3.63, 3.8) is 0 Å². The average molecular weight is 422 g/mol. The summed E-state index contributed by atoms with van der Waals surface area (Å²) in [5.41, 5.74) is 0.714. The molecule has 0 atom stereocenters. The summed E-state index contributed by atoms with van der Waals surface area (Å²) in [6.45, 7) is 1.83. The Hall–Kier alpha value is -3.61. The third-order valence-electron chi connectivity index (χ3n) is 5.25. The highest BCUT2D eigenvalue weighted by Crippen LogP contribution is 2.19. The third-order valence-corrected chi connectivity index (χ3v) is 5.25. The molecular weight excluding hydrogens is 399 g/mol. The van der Waals surface area contributed by atoms with Gasteiger partial charge in [-0.1, -0.05) is 30.3 Å². The van der Waals surface area contributed by atoms with E-state index in [1.54, 1.807) is 28.0 Å². The van der Waals surface area contributed by atoms with Crippen molar-refractivity contribution in [3.05, 3.63) is 89.6 Å². The molecule has 3 aromatic rings. The molecule has 1 aromatic heterocycles. The molecule has 1 saturated heterocycles. The molecule has 31 heavy (non-hydrogen) atoms. The summed E-state index contributed by atoms with van der Waals surface area (Å²) in [4.78, 5) is 29.0. The van der Waals surface area contributed by atoms with Crippen LogP contribution >= 0.6 is 0 Å². The largest absolute Gasteiger partial charge is 0.489 e. The van der Waals surface area contributed by atoms with Crippen LogP contribution in [-0.4, -0.2) is 47.8 Å². The molecule has 160 valence electrons. The number of amides is 2. The van der Waals surface area contributed by atoms with E-state index in [2.05, 4.69) is 0 Å². The van der Waals surface area contributed by atoms with Crippen LogP contribution in [-0.2, 0) is 6.61 Å². The highest BCUT2D eigenvalue weighted by molar-refractivity contribution is 5.95. The number of hydrogen-bond donors (Lipinski definition) is 0. The van der Waals surface area contributed by atoms with Gasteiger partial charge in [-0.3, -0.25) is 9.59 Å². The van der Waals surface area contributed by atoms with Crippen LogP contribution < -0.4 is 4.74 Å². The van der Waals surface area contributed by atoms with Gasteiger partial charge in [0.05, 0.1) is 11.8 Å². The molecule has 2 heterocycles. The zero-order valence-corrected chi connectivity index (χ0v) is 17.0. The SMILES string of the molecule is O=C(c1ccccc1F)N1CCCN(C(=O)c2occc2COc2ccccc2)CC1. The predicted molar refractivity (Wildman–Crippen MR) is 112 cm³/mol. The monoisotopic (exact) mass is 422 g/mol. The molecule has 6 nitrogen and oxygen atoms in total. The van der Waals surface area contributed by atoms with E-state index in [-0.39, 0.29) is 29.7 Å². The smallest absolute Gasteiger partial charge is 0.290 e. The first-order valence-electron chi connectivity index (χ1n) is 10.2. The van der Waals surface area contributed by atoms with E-state index in [0.717, 1.165) is 0 Å². The summed E-state index contributed by atoms with van der Waals surface area (Å²) in [5, 5.41) is 0. The number of hydrogen-bond acceptors (Lipinski definition) is 4. The first-order valence-corrected chi connectivity index (χ1v) is 10.2. The predicted octanol–water partition coefficient (Wildman–Crippen LogP) is 3.99. The third kappa shape index (κ3) is 4.77. The first kappa shape index (κ1) is 20.7. The Morgan fingerprint density at radius 3 is 2.29 bits per heavy atom. The summed E-state index contributed by atoms with van der Waals surface area (Å²) in [6.07, 6.45) is 2.07. The van der Waals surface area contributed by atoms with Crippen LogP contribution in [0.4, 0.5) is 4.39 Å². The van der Waals surface area contributed by atoms with Gasteiger partial charge in [-0.15, -0.1) is 0 Å². The van der Waals surface area contributed by atoms with Crippen molar-refractivity contribution in [1.82, 2.24) is 9.80 Å². The zero-order valence-electron chi connectivity index (χ0n) is 17.0. The highest BCUT2D eigenvalue weighted by Gasteiger charge is 2.27. The number of carbonyl (C=O) groups excluding carboxylic acids is 2. The fourth-order valence-electron chi connectivity index (χ4n) is 3.59. The lowest BCUT2D eigenvalue weighted by molar-refractivity contribution is 0.0696. The molecule has 1 aliphatic rings. The van der Waals surface area contributed by atoms with Gasteiger partial charge in [0, 0.05) is 31.7 Å². The van der Waals surface area contributed by atoms with Crippen molar-refractivity contribution in [2.24, 2.45) is 0 Å². The molecule has 0 radical (unpaired) electrons. The van der Waals surface area contributed by atoms with E-state index >= 15 is 0 Å². The van der Waals surface area contributed by atoms with Crippen molar-refractivity contribution >= 4 is 11.8 Å². The minimum Gasteiger partial charge on any atom is -0.489 e. The van der Waals surface area contributed by atoms with Crippen LogP contribution in [0.15, 0.2) is 71.3 Å². The second-order valence-corrected chi connectivity index (χ2v) is 7.29. The van der Waals surface area contributed by atoms with Gasteiger partial charge >= 0.3 is 0 Å². The number of ether oxygens (including phenoxy) is 1. The van der Waals surface area contributed by atoms with Crippen LogP contribution in [0.1, 0.15) is 32.9 Å². The van der Waals surface area contributed by atoms with Gasteiger partial charge in [-0.2, -0.15) is 0 Å². The van der Waals surface area contributed by atoms with Gasteiger partial charge in [0.2, 0.25) is 0 Å². The maximum absolute atomic E-state index is 14.0. The number of nitrogens with zero attached hydrogens (tertiary/aromatic N) is 2. The lowest BCUT2D eigenvalue weighted by Crippen LogP contribution is -2.37. The van der Waals surface area contributed by atoms with Crippen LogP contribution in [0.2, 0.25) is 0 Å². The van der Waals surface area contributed by atoms with Gasteiger partial charge < -0.3 is 19.0 Å². The summed E-state index contributed by atoms with van der Waals surface area (Å²) in [6, 6.07) is 17.0. The minimum atomic E-state index is -0.539. The molecule has 0 spiro atoms. The molecule has 0 bridgehead atoms. The molecule has 1 aliphatic heterocycles. The Labute approximate surface area is 179 Å². The summed E-state index contributed by atoms with van der Waals surface area (Å²) < 4.78 is 25.2. The second kappa shape index (κ2) is 9.47. The van der Waals surface area contributed by atoms with Crippen molar-refractivity contribution in [3.8, 4) is 5.75 Å². The summed E-state index contributed by atoms with van der Waals surface area (Å²) >= 11 is 0. The Bertz CT molecular complexity index is 1050. The molecule has 1 fully saturated rings. The molecule has 2 aromatic carbocycles. The molecule has 2 amide bonds. The topological polar surface area (TPSA) is 63.0 Å². The van der Waals surface area contributed by atoms with Crippen LogP contribution in [0, 0.1) is 5.82 Å². The Kier molecular flexibility index (Phi) is 6.31. The van der Waals surface area contributed by atoms with Gasteiger partial charge in [-0.25, -0.2) is 4.39 Å².